The minimum Gasteiger partial charge on any atom is -0.321 e. The Morgan fingerprint density at radius 2 is 2.17 bits per heavy atom. The lowest BCUT2D eigenvalue weighted by Gasteiger charge is -2.21. The lowest BCUT2D eigenvalue weighted by Crippen LogP contribution is -2.29. The zero-order valence-electron chi connectivity index (χ0n) is 4.02. The standard InChI is InChI=1S/C5H7N/c1-5-3-4-6(5)2/h5H,1-2H3. The predicted molar refractivity (Wildman–Crippen MR) is 25.0 cm³/mol. The summed E-state index contributed by atoms with van der Waals surface area (Å²) in [5, 5.41) is 0. The van der Waals surface area contributed by atoms with E-state index in [2.05, 4.69) is 18.9 Å². The summed E-state index contributed by atoms with van der Waals surface area (Å²) in [6.45, 7) is 2.08. The van der Waals surface area contributed by atoms with E-state index < -0.39 is 0 Å². The summed E-state index contributed by atoms with van der Waals surface area (Å²) in [4.78, 5) is 1.99. The van der Waals surface area contributed by atoms with Crippen molar-refractivity contribution in [2.75, 3.05) is 7.05 Å². The summed E-state index contributed by atoms with van der Waals surface area (Å²) >= 11 is 0. The van der Waals surface area contributed by atoms with E-state index >= 15 is 0 Å². The minimum atomic E-state index is 0.505. The molecule has 32 valence electrons. The zero-order valence-corrected chi connectivity index (χ0v) is 4.02. The third-order valence-electron chi connectivity index (χ3n) is 1.03. The van der Waals surface area contributed by atoms with Crippen molar-refractivity contribution >= 4 is 0 Å². The minimum absolute atomic E-state index is 0.505. The molecule has 1 heteroatoms. The van der Waals surface area contributed by atoms with Crippen LogP contribution in [0.2, 0.25) is 0 Å². The van der Waals surface area contributed by atoms with E-state index in [0.717, 1.165) is 0 Å². The van der Waals surface area contributed by atoms with Gasteiger partial charge in [-0.3, -0.25) is 0 Å². The number of rotatable bonds is 0. The van der Waals surface area contributed by atoms with Crippen molar-refractivity contribution in [1.29, 1.82) is 0 Å². The molecule has 0 N–H and O–H groups in total. The zero-order chi connectivity index (χ0) is 4.57. The Bertz CT molecular complexity index is 94.8. The topological polar surface area (TPSA) is 3.24 Å². The van der Waals surface area contributed by atoms with Crippen molar-refractivity contribution in [2.45, 2.75) is 13.0 Å². The average Bonchev–Trinajstić information content (AvgIpc) is 1.61. The van der Waals surface area contributed by atoms with Gasteiger partial charge in [0.15, 0.2) is 0 Å². The van der Waals surface area contributed by atoms with Gasteiger partial charge in [-0.15, -0.1) is 0 Å². The van der Waals surface area contributed by atoms with Crippen LogP contribution in [0.25, 0.3) is 0 Å². The van der Waals surface area contributed by atoms with E-state index in [1.807, 2.05) is 11.9 Å². The Morgan fingerprint density at radius 3 is 2.17 bits per heavy atom. The molecule has 0 aromatic carbocycles. The summed E-state index contributed by atoms with van der Waals surface area (Å²) in [6.07, 6.45) is 0. The van der Waals surface area contributed by atoms with E-state index in [1.165, 1.54) is 0 Å². The lowest BCUT2D eigenvalue weighted by molar-refractivity contribution is 0.409. The number of hydrogen-bond donors (Lipinski definition) is 0. The Balaban J connectivity index is 2.55. The van der Waals surface area contributed by atoms with E-state index in [9.17, 15) is 0 Å². The van der Waals surface area contributed by atoms with Crippen molar-refractivity contribution in [3.63, 3.8) is 0 Å². The van der Waals surface area contributed by atoms with Crippen LogP contribution in [0, 0.1) is 12.0 Å². The predicted octanol–water partition coefficient (Wildman–Crippen LogP) is 0.281. The molecule has 1 unspecified atom stereocenters. The van der Waals surface area contributed by atoms with Crippen LogP contribution in [0.4, 0.5) is 0 Å². The Morgan fingerprint density at radius 1 is 1.67 bits per heavy atom. The van der Waals surface area contributed by atoms with Crippen LogP contribution in [0.3, 0.4) is 0 Å². The van der Waals surface area contributed by atoms with Gasteiger partial charge in [0, 0.05) is 13.1 Å². The Kier molecular flexibility index (Phi) is 0.537. The van der Waals surface area contributed by atoms with Crippen molar-refractivity contribution in [3.8, 4) is 12.0 Å². The average molecular weight is 81.1 g/mol. The van der Waals surface area contributed by atoms with Crippen LogP contribution in [0.5, 0.6) is 0 Å². The highest BCUT2D eigenvalue weighted by Crippen LogP contribution is 1.97. The highest BCUT2D eigenvalue weighted by Gasteiger charge is 2.06. The van der Waals surface area contributed by atoms with E-state index in [-0.39, 0.29) is 0 Å². The molecule has 1 aliphatic heterocycles. The number of hydrogen-bond acceptors (Lipinski definition) is 1. The molecule has 0 saturated heterocycles. The molecular formula is C5H7N. The third-order valence-corrected chi connectivity index (χ3v) is 1.03. The fourth-order valence-corrected chi connectivity index (χ4v) is 0.323. The molecule has 6 heavy (non-hydrogen) atoms. The van der Waals surface area contributed by atoms with E-state index in [4.69, 9.17) is 0 Å². The second-order valence-electron chi connectivity index (χ2n) is 1.54. The highest BCUT2D eigenvalue weighted by molar-refractivity contribution is 5.17. The molecule has 0 radical (unpaired) electrons. The molecule has 0 aromatic heterocycles. The van der Waals surface area contributed by atoms with Gasteiger partial charge in [-0.05, 0) is 6.92 Å². The molecule has 0 aliphatic carbocycles. The second kappa shape index (κ2) is 0.909. The molecule has 0 aromatic rings. The van der Waals surface area contributed by atoms with Gasteiger partial charge in [-0.1, -0.05) is 5.92 Å². The number of nitrogens with zero attached hydrogens (tertiary/aromatic N) is 1. The van der Waals surface area contributed by atoms with Crippen molar-refractivity contribution in [1.82, 2.24) is 4.90 Å². The van der Waals surface area contributed by atoms with Gasteiger partial charge >= 0.3 is 0 Å². The Labute approximate surface area is 38.0 Å². The smallest absolute Gasteiger partial charge is 0.0965 e. The second-order valence-corrected chi connectivity index (χ2v) is 1.54. The fourth-order valence-electron chi connectivity index (χ4n) is 0.323. The van der Waals surface area contributed by atoms with Gasteiger partial charge in [0.2, 0.25) is 0 Å². The Hall–Kier alpha value is -0.640. The molecule has 0 fully saturated rings. The largest absolute Gasteiger partial charge is 0.321 e. The maximum absolute atomic E-state index is 2.93. The maximum Gasteiger partial charge on any atom is 0.0965 e. The lowest BCUT2D eigenvalue weighted by atomic mass is 10.2. The van der Waals surface area contributed by atoms with E-state index in [1.54, 1.807) is 0 Å². The van der Waals surface area contributed by atoms with Crippen molar-refractivity contribution in [3.05, 3.63) is 0 Å². The van der Waals surface area contributed by atoms with E-state index in [0.29, 0.717) is 6.04 Å². The highest BCUT2D eigenvalue weighted by atomic mass is 15.1. The summed E-state index contributed by atoms with van der Waals surface area (Å²) in [7, 11) is 1.99. The normalized spacial score (nSPS) is 27.7. The molecular weight excluding hydrogens is 74.1 g/mol. The first-order valence-corrected chi connectivity index (χ1v) is 2.05. The molecule has 0 saturated carbocycles. The first kappa shape index (κ1) is 3.55. The molecule has 1 rings (SSSR count). The summed E-state index contributed by atoms with van der Waals surface area (Å²) < 4.78 is 0. The molecule has 0 bridgehead atoms. The molecule has 0 spiro atoms. The summed E-state index contributed by atoms with van der Waals surface area (Å²) in [5.74, 6) is 2.93. The van der Waals surface area contributed by atoms with Crippen LogP contribution in [0.1, 0.15) is 6.92 Å². The fraction of sp³-hybridized carbons (Fsp3) is 0.600. The van der Waals surface area contributed by atoms with Crippen LogP contribution >= 0.6 is 0 Å². The van der Waals surface area contributed by atoms with Crippen LogP contribution in [-0.2, 0) is 0 Å². The van der Waals surface area contributed by atoms with Gasteiger partial charge in [-0.2, -0.15) is 0 Å². The third kappa shape index (κ3) is 0.268. The summed E-state index contributed by atoms with van der Waals surface area (Å²) in [6, 6.07) is 3.35. The summed E-state index contributed by atoms with van der Waals surface area (Å²) in [5.41, 5.74) is 0. The van der Waals surface area contributed by atoms with Gasteiger partial charge in [0.25, 0.3) is 0 Å². The molecule has 1 aliphatic rings. The van der Waals surface area contributed by atoms with Crippen LogP contribution in [0.15, 0.2) is 0 Å². The molecule has 1 atom stereocenters. The van der Waals surface area contributed by atoms with Gasteiger partial charge in [0.1, 0.15) is 0 Å². The SMILES string of the molecule is CC1C#CN1C. The van der Waals surface area contributed by atoms with Crippen molar-refractivity contribution < 1.29 is 0 Å². The monoisotopic (exact) mass is 81.1 g/mol. The molecule has 1 nitrogen and oxygen atoms in total. The first-order chi connectivity index (χ1) is 2.80. The quantitative estimate of drug-likeness (QED) is 0.379. The van der Waals surface area contributed by atoms with Crippen LogP contribution in [-0.4, -0.2) is 18.0 Å². The first-order valence-electron chi connectivity index (χ1n) is 2.05. The maximum atomic E-state index is 2.93. The van der Waals surface area contributed by atoms with Crippen LogP contribution < -0.4 is 0 Å². The van der Waals surface area contributed by atoms with Gasteiger partial charge in [0.05, 0.1) is 6.04 Å². The molecule has 0 amide bonds. The van der Waals surface area contributed by atoms with Gasteiger partial charge < -0.3 is 4.90 Å². The van der Waals surface area contributed by atoms with Gasteiger partial charge in [-0.25, -0.2) is 0 Å². The van der Waals surface area contributed by atoms with Crippen molar-refractivity contribution in [2.24, 2.45) is 0 Å². The molecule has 1 heterocycles.